The summed E-state index contributed by atoms with van der Waals surface area (Å²) in [6.07, 6.45) is 0.0685. The molecule has 0 spiro atoms. The van der Waals surface area contributed by atoms with Crippen LogP contribution in [0, 0.1) is 6.92 Å². The maximum absolute atomic E-state index is 12.8. The molecule has 1 N–H and O–H groups in total. The van der Waals surface area contributed by atoms with E-state index in [1.807, 2.05) is 101 Å². The Bertz CT molecular complexity index is 1920. The normalized spacial score (nSPS) is 12.1. The standard InChI is InChI=1S/C33H28F3N3O2/c1-21-8-6-11-26-29(21)23(20-38(26)18-7-17-33(34,35)36)14-16-27-31(37-28-12-4-5-19-39(27)28)25-15-13-22-9-2-3-10-24(22)30(25)32(40)41/h2-6,8-13,15,19-20H,7,14,16-18H2,1H3,(H,40,41). The van der Waals surface area contributed by atoms with E-state index in [1.165, 1.54) is 0 Å². The van der Waals surface area contributed by atoms with E-state index in [2.05, 4.69) is 0 Å². The molecule has 0 aliphatic rings. The number of fused-ring (bicyclic) bond motifs is 3. The van der Waals surface area contributed by atoms with Gasteiger partial charge in [0.1, 0.15) is 5.65 Å². The van der Waals surface area contributed by atoms with Gasteiger partial charge in [-0.25, -0.2) is 9.78 Å². The van der Waals surface area contributed by atoms with Crippen LogP contribution in [0.3, 0.4) is 0 Å². The quantitative estimate of drug-likeness (QED) is 0.206. The molecule has 0 unspecified atom stereocenters. The SMILES string of the molecule is Cc1cccc2c1c(CCc1c(-c3ccc4ccccc4c3C(=O)O)nc3ccccn13)cn2CCCC(F)(F)F. The number of imidazole rings is 1. The van der Waals surface area contributed by atoms with E-state index < -0.39 is 18.6 Å². The van der Waals surface area contributed by atoms with Crippen molar-refractivity contribution in [2.24, 2.45) is 0 Å². The molecule has 6 aromatic rings. The fourth-order valence-electron chi connectivity index (χ4n) is 5.91. The summed E-state index contributed by atoms with van der Waals surface area (Å²) in [6, 6.07) is 22.8. The first kappa shape index (κ1) is 26.6. The highest BCUT2D eigenvalue weighted by Gasteiger charge is 2.26. The molecule has 3 aromatic heterocycles. The number of hydrogen-bond donors (Lipinski definition) is 1. The number of benzene rings is 3. The Morgan fingerprint density at radius 1 is 0.951 bits per heavy atom. The third kappa shape index (κ3) is 5.06. The molecule has 0 aliphatic carbocycles. The number of aromatic carboxylic acids is 1. The van der Waals surface area contributed by atoms with Crippen molar-refractivity contribution >= 4 is 33.3 Å². The van der Waals surface area contributed by atoms with Crippen molar-refractivity contribution < 1.29 is 23.1 Å². The Labute approximate surface area is 234 Å². The van der Waals surface area contributed by atoms with Gasteiger partial charge in [0, 0.05) is 41.8 Å². The van der Waals surface area contributed by atoms with Gasteiger partial charge in [-0.2, -0.15) is 13.2 Å². The summed E-state index contributed by atoms with van der Waals surface area (Å²) < 4.78 is 42.4. The molecule has 6 rings (SSSR count). The van der Waals surface area contributed by atoms with Crippen molar-refractivity contribution in [1.29, 1.82) is 0 Å². The second kappa shape index (κ2) is 10.4. The lowest BCUT2D eigenvalue weighted by molar-refractivity contribution is -0.135. The third-order valence-corrected chi connectivity index (χ3v) is 7.71. The molecule has 0 atom stereocenters. The van der Waals surface area contributed by atoms with Crippen LogP contribution >= 0.6 is 0 Å². The zero-order valence-electron chi connectivity index (χ0n) is 22.4. The van der Waals surface area contributed by atoms with Crippen LogP contribution in [0.1, 0.15) is 40.0 Å². The number of hydrogen-bond acceptors (Lipinski definition) is 2. The van der Waals surface area contributed by atoms with Gasteiger partial charge in [0.25, 0.3) is 0 Å². The first-order chi connectivity index (χ1) is 19.7. The molecule has 0 bridgehead atoms. The molecule has 3 heterocycles. The zero-order valence-corrected chi connectivity index (χ0v) is 22.4. The number of carbonyl (C=O) groups is 1. The van der Waals surface area contributed by atoms with Crippen LogP contribution < -0.4 is 0 Å². The van der Waals surface area contributed by atoms with Gasteiger partial charge in [0.05, 0.1) is 17.0 Å². The predicted octanol–water partition coefficient (Wildman–Crippen LogP) is 8.24. The number of carboxylic acid groups (broad SMARTS) is 1. The topological polar surface area (TPSA) is 59.5 Å². The molecule has 0 aliphatic heterocycles. The van der Waals surface area contributed by atoms with Crippen molar-refractivity contribution in [3.63, 3.8) is 0 Å². The van der Waals surface area contributed by atoms with Crippen molar-refractivity contribution in [2.75, 3.05) is 0 Å². The van der Waals surface area contributed by atoms with Gasteiger partial charge in [0.2, 0.25) is 0 Å². The molecule has 0 amide bonds. The monoisotopic (exact) mass is 555 g/mol. The Hall–Kier alpha value is -4.59. The van der Waals surface area contributed by atoms with Crippen molar-refractivity contribution in [3.8, 4) is 11.3 Å². The Kier molecular flexibility index (Phi) is 6.77. The van der Waals surface area contributed by atoms with Crippen molar-refractivity contribution in [3.05, 3.63) is 108 Å². The number of halogens is 3. The average Bonchev–Trinajstić information content (AvgIpc) is 3.49. The summed E-state index contributed by atoms with van der Waals surface area (Å²) in [5.74, 6) is -1.02. The van der Waals surface area contributed by atoms with Gasteiger partial charge in [-0.05, 0) is 66.3 Å². The molecular formula is C33H28F3N3O2. The number of aryl methyl sites for hydroxylation is 4. The van der Waals surface area contributed by atoms with E-state index in [9.17, 15) is 23.1 Å². The molecule has 3 aromatic carbocycles. The molecule has 208 valence electrons. The molecule has 8 heteroatoms. The van der Waals surface area contributed by atoms with Gasteiger partial charge in [-0.3, -0.25) is 0 Å². The van der Waals surface area contributed by atoms with E-state index in [0.29, 0.717) is 35.1 Å². The lowest BCUT2D eigenvalue weighted by Crippen LogP contribution is -2.09. The van der Waals surface area contributed by atoms with Gasteiger partial charge in [-0.15, -0.1) is 0 Å². The van der Waals surface area contributed by atoms with Crippen LogP contribution in [0.25, 0.3) is 38.6 Å². The summed E-state index contributed by atoms with van der Waals surface area (Å²) in [5, 5.41) is 12.8. The average molecular weight is 556 g/mol. The van der Waals surface area contributed by atoms with Gasteiger partial charge in [-0.1, -0.05) is 54.6 Å². The maximum Gasteiger partial charge on any atom is 0.389 e. The highest BCUT2D eigenvalue weighted by molar-refractivity contribution is 6.09. The van der Waals surface area contributed by atoms with Gasteiger partial charge >= 0.3 is 12.1 Å². The Morgan fingerprint density at radius 3 is 2.56 bits per heavy atom. The smallest absolute Gasteiger partial charge is 0.389 e. The Morgan fingerprint density at radius 2 is 1.76 bits per heavy atom. The highest BCUT2D eigenvalue weighted by Crippen LogP contribution is 2.34. The number of aromatic nitrogens is 3. The Balaban J connectivity index is 1.43. The number of pyridine rings is 1. The van der Waals surface area contributed by atoms with E-state index >= 15 is 0 Å². The van der Waals surface area contributed by atoms with Crippen molar-refractivity contribution in [2.45, 2.75) is 45.3 Å². The van der Waals surface area contributed by atoms with Crippen LogP contribution in [0.2, 0.25) is 0 Å². The van der Waals surface area contributed by atoms with Crippen LogP contribution in [0.15, 0.2) is 85.2 Å². The predicted molar refractivity (Wildman–Crippen MR) is 154 cm³/mol. The lowest BCUT2D eigenvalue weighted by atomic mass is 9.95. The lowest BCUT2D eigenvalue weighted by Gasteiger charge is -2.11. The molecule has 0 saturated carbocycles. The van der Waals surface area contributed by atoms with Gasteiger partial charge < -0.3 is 14.1 Å². The number of carboxylic acids is 1. The summed E-state index contributed by atoms with van der Waals surface area (Å²) in [4.78, 5) is 17.4. The number of rotatable bonds is 8. The van der Waals surface area contributed by atoms with E-state index in [0.717, 1.165) is 33.1 Å². The van der Waals surface area contributed by atoms with Crippen LogP contribution in [-0.4, -0.2) is 31.2 Å². The van der Waals surface area contributed by atoms with E-state index in [1.54, 1.807) is 0 Å². The minimum absolute atomic E-state index is 0.0119. The number of nitrogens with zero attached hydrogens (tertiary/aromatic N) is 3. The molecular weight excluding hydrogens is 527 g/mol. The van der Waals surface area contributed by atoms with Crippen LogP contribution in [0.5, 0.6) is 0 Å². The minimum Gasteiger partial charge on any atom is -0.478 e. The molecule has 0 fully saturated rings. The second-order valence-corrected chi connectivity index (χ2v) is 10.4. The molecule has 41 heavy (non-hydrogen) atoms. The fourth-order valence-corrected chi connectivity index (χ4v) is 5.91. The highest BCUT2D eigenvalue weighted by atomic mass is 19.4. The summed E-state index contributed by atoms with van der Waals surface area (Å²) >= 11 is 0. The molecule has 0 saturated heterocycles. The van der Waals surface area contributed by atoms with E-state index in [4.69, 9.17) is 4.98 Å². The van der Waals surface area contributed by atoms with Crippen LogP contribution in [0.4, 0.5) is 13.2 Å². The van der Waals surface area contributed by atoms with Crippen LogP contribution in [-0.2, 0) is 19.4 Å². The zero-order chi connectivity index (χ0) is 28.7. The van der Waals surface area contributed by atoms with Crippen molar-refractivity contribution in [1.82, 2.24) is 14.0 Å². The molecule has 0 radical (unpaired) electrons. The van der Waals surface area contributed by atoms with E-state index in [-0.39, 0.29) is 18.5 Å². The fraction of sp³-hybridized carbons (Fsp3) is 0.212. The number of alkyl halides is 3. The minimum atomic E-state index is -4.18. The third-order valence-electron chi connectivity index (χ3n) is 7.71. The maximum atomic E-state index is 12.8. The summed E-state index contributed by atoms with van der Waals surface area (Å²) in [7, 11) is 0. The summed E-state index contributed by atoms with van der Waals surface area (Å²) in [5.41, 5.74) is 6.00. The first-order valence-corrected chi connectivity index (χ1v) is 13.6. The largest absolute Gasteiger partial charge is 0.478 e. The second-order valence-electron chi connectivity index (χ2n) is 10.4. The van der Waals surface area contributed by atoms with Gasteiger partial charge in [0.15, 0.2) is 0 Å². The molecule has 5 nitrogen and oxygen atoms in total. The summed E-state index contributed by atoms with van der Waals surface area (Å²) in [6.45, 7) is 2.29. The first-order valence-electron chi connectivity index (χ1n) is 13.6.